The Labute approximate surface area is 101 Å². The molecule has 17 heavy (non-hydrogen) atoms. The first kappa shape index (κ1) is 11.2. The van der Waals surface area contributed by atoms with Crippen molar-refractivity contribution >= 4 is 0 Å². The maximum absolute atomic E-state index is 5.57. The Morgan fingerprint density at radius 2 is 2.24 bits per heavy atom. The molecule has 94 valence electrons. The van der Waals surface area contributed by atoms with Crippen LogP contribution in [0, 0.1) is 0 Å². The van der Waals surface area contributed by atoms with Crippen LogP contribution in [0.1, 0.15) is 49.9 Å². The van der Waals surface area contributed by atoms with Crippen molar-refractivity contribution in [2.75, 3.05) is 13.2 Å². The summed E-state index contributed by atoms with van der Waals surface area (Å²) in [7, 11) is 0. The van der Waals surface area contributed by atoms with Gasteiger partial charge in [0.15, 0.2) is 5.82 Å². The normalized spacial score (nSPS) is 29.6. The Kier molecular flexibility index (Phi) is 3.38. The van der Waals surface area contributed by atoms with Crippen molar-refractivity contribution in [1.82, 2.24) is 15.5 Å². The van der Waals surface area contributed by atoms with Crippen LogP contribution in [0.4, 0.5) is 0 Å². The van der Waals surface area contributed by atoms with Crippen LogP contribution in [0.15, 0.2) is 4.52 Å². The maximum Gasteiger partial charge on any atom is 0.229 e. The van der Waals surface area contributed by atoms with Crippen molar-refractivity contribution in [1.29, 1.82) is 0 Å². The third-order valence-electron chi connectivity index (χ3n) is 3.53. The molecule has 0 amide bonds. The Hall–Kier alpha value is -0.940. The predicted octanol–water partition coefficient (Wildman–Crippen LogP) is 1.61. The number of hydrogen-bond acceptors (Lipinski definition) is 5. The standard InChI is InChI=1S/C12H19N3O2/c1-2-6-13-10(5-1)12-14-11(17-15-12)8-9-4-3-7-16-9/h9-10,13H,1-8H2. The zero-order valence-corrected chi connectivity index (χ0v) is 10.0. The molecule has 2 unspecified atom stereocenters. The molecular formula is C12H19N3O2. The first-order valence-electron chi connectivity index (χ1n) is 6.59. The molecule has 0 spiro atoms. The van der Waals surface area contributed by atoms with Gasteiger partial charge in [0.1, 0.15) is 0 Å². The molecule has 0 aromatic carbocycles. The molecule has 2 fully saturated rings. The van der Waals surface area contributed by atoms with Crippen LogP contribution in [-0.4, -0.2) is 29.4 Å². The van der Waals surface area contributed by atoms with Gasteiger partial charge in [0.25, 0.3) is 0 Å². The van der Waals surface area contributed by atoms with Crippen molar-refractivity contribution in [3.8, 4) is 0 Å². The summed E-state index contributed by atoms with van der Waals surface area (Å²) in [5.74, 6) is 1.54. The van der Waals surface area contributed by atoms with E-state index in [1.165, 1.54) is 12.8 Å². The lowest BCUT2D eigenvalue weighted by molar-refractivity contribution is 0.104. The van der Waals surface area contributed by atoms with E-state index in [1.54, 1.807) is 0 Å². The topological polar surface area (TPSA) is 60.2 Å². The number of piperidine rings is 1. The van der Waals surface area contributed by atoms with Crippen molar-refractivity contribution in [3.05, 3.63) is 11.7 Å². The molecule has 2 saturated heterocycles. The van der Waals surface area contributed by atoms with Gasteiger partial charge in [0.2, 0.25) is 5.89 Å². The fourth-order valence-electron chi connectivity index (χ4n) is 2.56. The monoisotopic (exact) mass is 237 g/mol. The van der Waals surface area contributed by atoms with Gasteiger partial charge in [-0.05, 0) is 32.2 Å². The highest BCUT2D eigenvalue weighted by atomic mass is 16.5. The summed E-state index contributed by atoms with van der Waals surface area (Å²) in [5, 5.41) is 7.50. The lowest BCUT2D eigenvalue weighted by Crippen LogP contribution is -2.27. The highest BCUT2D eigenvalue weighted by Crippen LogP contribution is 2.22. The Bertz CT molecular complexity index is 354. The molecule has 3 rings (SSSR count). The molecule has 1 N–H and O–H groups in total. The van der Waals surface area contributed by atoms with E-state index in [1.807, 2.05) is 0 Å². The zero-order chi connectivity index (χ0) is 11.5. The number of aromatic nitrogens is 2. The van der Waals surface area contributed by atoms with Gasteiger partial charge in [-0.3, -0.25) is 0 Å². The predicted molar refractivity (Wildman–Crippen MR) is 61.6 cm³/mol. The number of rotatable bonds is 3. The van der Waals surface area contributed by atoms with Crippen molar-refractivity contribution in [2.24, 2.45) is 0 Å². The van der Waals surface area contributed by atoms with Gasteiger partial charge in [-0.2, -0.15) is 4.98 Å². The van der Waals surface area contributed by atoms with Gasteiger partial charge >= 0.3 is 0 Å². The molecule has 0 bridgehead atoms. The van der Waals surface area contributed by atoms with Crippen LogP contribution in [0.3, 0.4) is 0 Å². The molecule has 5 heteroatoms. The Balaban J connectivity index is 1.60. The van der Waals surface area contributed by atoms with Crippen LogP contribution < -0.4 is 5.32 Å². The lowest BCUT2D eigenvalue weighted by Gasteiger charge is -2.19. The average molecular weight is 237 g/mol. The van der Waals surface area contributed by atoms with Crippen LogP contribution in [-0.2, 0) is 11.2 Å². The Morgan fingerprint density at radius 1 is 1.24 bits per heavy atom. The second kappa shape index (κ2) is 5.14. The highest BCUT2D eigenvalue weighted by Gasteiger charge is 2.23. The van der Waals surface area contributed by atoms with E-state index in [4.69, 9.17) is 9.26 Å². The number of ether oxygens (including phenoxy) is 1. The summed E-state index contributed by atoms with van der Waals surface area (Å²) in [5.41, 5.74) is 0. The van der Waals surface area contributed by atoms with Crippen LogP contribution >= 0.6 is 0 Å². The second-order valence-electron chi connectivity index (χ2n) is 4.89. The SMILES string of the molecule is C1CCC(c2noc(CC3CCCO3)n2)NC1. The third kappa shape index (κ3) is 2.66. The number of nitrogens with one attached hydrogen (secondary N) is 1. The zero-order valence-electron chi connectivity index (χ0n) is 10.0. The van der Waals surface area contributed by atoms with Crippen molar-refractivity contribution in [3.63, 3.8) is 0 Å². The molecule has 0 aliphatic carbocycles. The van der Waals surface area contributed by atoms with E-state index in [0.29, 0.717) is 0 Å². The van der Waals surface area contributed by atoms with E-state index in [9.17, 15) is 0 Å². The minimum atomic E-state index is 0.280. The maximum atomic E-state index is 5.57. The van der Waals surface area contributed by atoms with Crippen molar-refractivity contribution < 1.29 is 9.26 Å². The quantitative estimate of drug-likeness (QED) is 0.865. The van der Waals surface area contributed by atoms with Crippen LogP contribution in [0.2, 0.25) is 0 Å². The third-order valence-corrected chi connectivity index (χ3v) is 3.53. The first-order valence-corrected chi connectivity index (χ1v) is 6.59. The summed E-state index contributed by atoms with van der Waals surface area (Å²) in [4.78, 5) is 4.48. The molecule has 0 radical (unpaired) electrons. The molecule has 0 saturated carbocycles. The molecule has 2 aliphatic heterocycles. The van der Waals surface area contributed by atoms with Crippen molar-refractivity contribution in [2.45, 2.75) is 50.7 Å². The van der Waals surface area contributed by atoms with Crippen LogP contribution in [0.25, 0.3) is 0 Å². The molecule has 2 atom stereocenters. The lowest BCUT2D eigenvalue weighted by atomic mass is 10.0. The van der Waals surface area contributed by atoms with Crippen LogP contribution in [0.5, 0.6) is 0 Å². The molecule has 1 aromatic rings. The summed E-state index contributed by atoms with van der Waals surface area (Å²) in [6.45, 7) is 1.93. The summed E-state index contributed by atoms with van der Waals surface area (Å²) < 4.78 is 10.9. The van der Waals surface area contributed by atoms with Gasteiger partial charge in [0, 0.05) is 6.61 Å². The minimum Gasteiger partial charge on any atom is -0.378 e. The largest absolute Gasteiger partial charge is 0.378 e. The molecular weight excluding hydrogens is 218 g/mol. The molecule has 3 heterocycles. The summed E-state index contributed by atoms with van der Waals surface area (Å²) in [6.07, 6.45) is 6.90. The van der Waals surface area contributed by atoms with E-state index in [-0.39, 0.29) is 12.1 Å². The van der Waals surface area contributed by atoms with E-state index < -0.39 is 0 Å². The highest BCUT2D eigenvalue weighted by molar-refractivity contribution is 4.96. The van der Waals surface area contributed by atoms with E-state index in [2.05, 4.69) is 15.5 Å². The minimum absolute atomic E-state index is 0.280. The first-order chi connectivity index (χ1) is 8.42. The van der Waals surface area contributed by atoms with Gasteiger partial charge in [-0.1, -0.05) is 11.6 Å². The second-order valence-corrected chi connectivity index (χ2v) is 4.89. The van der Waals surface area contributed by atoms with Gasteiger partial charge in [-0.15, -0.1) is 0 Å². The summed E-state index contributed by atoms with van der Waals surface area (Å²) in [6, 6.07) is 0.283. The molecule has 2 aliphatic rings. The smallest absolute Gasteiger partial charge is 0.229 e. The fraction of sp³-hybridized carbons (Fsp3) is 0.833. The number of hydrogen-bond donors (Lipinski definition) is 1. The fourth-order valence-corrected chi connectivity index (χ4v) is 2.56. The van der Waals surface area contributed by atoms with Gasteiger partial charge < -0.3 is 14.6 Å². The van der Waals surface area contributed by atoms with E-state index >= 15 is 0 Å². The van der Waals surface area contributed by atoms with E-state index in [0.717, 1.165) is 50.6 Å². The van der Waals surface area contributed by atoms with Gasteiger partial charge in [0.05, 0.1) is 18.6 Å². The molecule has 5 nitrogen and oxygen atoms in total. The number of nitrogens with zero attached hydrogens (tertiary/aromatic N) is 2. The molecule has 1 aromatic heterocycles. The Morgan fingerprint density at radius 3 is 3.00 bits per heavy atom. The van der Waals surface area contributed by atoms with Gasteiger partial charge in [-0.25, -0.2) is 0 Å². The summed E-state index contributed by atoms with van der Waals surface area (Å²) >= 11 is 0. The average Bonchev–Trinajstić information content (AvgIpc) is 3.02.